The molecule has 7 heteroatoms. The van der Waals surface area contributed by atoms with Crippen LogP contribution in [0.1, 0.15) is 2.85 Å². The van der Waals surface area contributed by atoms with Crippen LogP contribution in [0.3, 0.4) is 0 Å². The molecule has 0 saturated carbocycles. The molecule has 0 fully saturated rings. The van der Waals surface area contributed by atoms with E-state index in [1.165, 1.54) is 0 Å². The molecule has 0 aromatic rings. The molecule has 0 amide bonds. The molecule has 0 aliphatic rings. The molecule has 0 aromatic heterocycles. The normalized spacial score (nSPS) is 2.00. The van der Waals surface area contributed by atoms with E-state index < -0.39 is 0 Å². The van der Waals surface area contributed by atoms with Crippen LogP contribution in [0.5, 0.6) is 0 Å². The quantitative estimate of drug-likeness (QED) is 0.209. The second-order valence-corrected chi connectivity index (χ2v) is 2.73. The summed E-state index contributed by atoms with van der Waals surface area (Å²) in [5, 5.41) is 0. The smallest absolute Gasteiger partial charge is 1.00 e. The van der Waals surface area contributed by atoms with E-state index in [1.54, 1.807) is 0 Å². The van der Waals surface area contributed by atoms with Crippen molar-refractivity contribution in [2.24, 2.45) is 0 Å². The Morgan fingerprint density at radius 3 is 0.889 bits per heavy atom. The number of alkyl halides is 2. The van der Waals surface area contributed by atoms with Crippen LogP contribution in [0.25, 0.3) is 0 Å². The third kappa shape index (κ3) is 71.7. The van der Waals surface area contributed by atoms with E-state index in [0.29, 0.717) is 0 Å². The summed E-state index contributed by atoms with van der Waals surface area (Å²) in [6.45, 7) is 0. The fraction of sp³-hybridized carbons (Fsp3) is 0.500. The van der Waals surface area contributed by atoms with Gasteiger partial charge in [0.1, 0.15) is 0 Å². The number of hydrogen-bond donors (Lipinski definition) is 0. The van der Waals surface area contributed by atoms with Crippen molar-refractivity contribution < 1.29 is 36.8 Å². The maximum absolute atomic E-state index is 3.06. The largest absolute Gasteiger partial charge is 2.00 e. The topological polar surface area (TPSA) is 0 Å². The van der Waals surface area contributed by atoms with E-state index in [9.17, 15) is 0 Å². The van der Waals surface area contributed by atoms with Gasteiger partial charge in [-0.05, 0) is 0 Å². The van der Waals surface area contributed by atoms with Gasteiger partial charge in [-0.15, -0.1) is 0 Å². The van der Waals surface area contributed by atoms with Gasteiger partial charge in [0.25, 0.3) is 0 Å². The predicted molar refractivity (Wildman–Crippen MR) is 48.6 cm³/mol. The average Bonchev–Trinajstić information content (AvgIpc) is 0.918. The van der Waals surface area contributed by atoms with E-state index in [-0.39, 0.29) is 113 Å². The number of halogens is 4. The molecule has 0 radical (unpaired) electrons. The fourth-order valence-corrected chi connectivity index (χ4v) is 0. The van der Waals surface area contributed by atoms with Crippen molar-refractivity contribution in [1.29, 1.82) is 0 Å². The van der Waals surface area contributed by atoms with E-state index in [2.05, 4.69) is 31.9 Å². The third-order valence-corrected chi connectivity index (χ3v) is 0. The Morgan fingerprint density at radius 2 is 0.889 bits per heavy atom. The Kier molecular flexibility index (Phi) is 320. The van der Waals surface area contributed by atoms with Gasteiger partial charge < -0.3 is 44.2 Å². The van der Waals surface area contributed by atoms with E-state index >= 15 is 0 Å². The summed E-state index contributed by atoms with van der Waals surface area (Å²) >= 11 is 6.12. The first kappa shape index (κ1) is 51.0. The second kappa shape index (κ2) is 56.5. The SMILES string of the molecule is BrCBr.[Br-].[Br-].[CH3-].[H-].[H-].[Mg+2].[Mg+2].[Mg+2]. The van der Waals surface area contributed by atoms with Gasteiger partial charge in [0, 0.05) is 0 Å². The zero-order valence-corrected chi connectivity index (χ0v) is 15.9. The molecule has 0 spiro atoms. The van der Waals surface area contributed by atoms with Crippen LogP contribution in [0, 0.1) is 7.43 Å². The molecule has 0 nitrogen and oxygen atoms in total. The van der Waals surface area contributed by atoms with Crippen molar-refractivity contribution in [2.75, 3.05) is 4.24 Å². The van der Waals surface area contributed by atoms with Crippen molar-refractivity contribution in [3.8, 4) is 0 Å². The van der Waals surface area contributed by atoms with Crippen LogP contribution >= 0.6 is 31.9 Å². The Labute approximate surface area is 147 Å². The van der Waals surface area contributed by atoms with E-state index in [4.69, 9.17) is 0 Å². The van der Waals surface area contributed by atoms with Crippen molar-refractivity contribution in [2.45, 2.75) is 0 Å². The van der Waals surface area contributed by atoms with Gasteiger partial charge in [-0.25, -0.2) is 0 Å². The van der Waals surface area contributed by atoms with Gasteiger partial charge in [0.15, 0.2) is 0 Å². The van der Waals surface area contributed by atoms with Crippen LogP contribution in [-0.4, -0.2) is 73.4 Å². The van der Waals surface area contributed by atoms with Crippen LogP contribution in [0.15, 0.2) is 0 Å². The van der Waals surface area contributed by atoms with Gasteiger partial charge in [-0.1, -0.05) is 31.9 Å². The maximum atomic E-state index is 3.06. The van der Waals surface area contributed by atoms with Gasteiger partial charge in [0.05, 0.1) is 4.24 Å². The Balaban J connectivity index is -0.000000000714. The molecule has 0 N–H and O–H groups in total. The summed E-state index contributed by atoms with van der Waals surface area (Å²) in [7, 11) is 0. The minimum Gasteiger partial charge on any atom is -1.00 e. The molecule has 9 heavy (non-hydrogen) atoms. The van der Waals surface area contributed by atoms with Crippen LogP contribution < -0.4 is 34.0 Å². The first-order valence-electron chi connectivity index (χ1n) is 0.535. The minimum absolute atomic E-state index is 0. The van der Waals surface area contributed by atoms with Crippen molar-refractivity contribution in [3.63, 3.8) is 0 Å². The molecule has 0 aliphatic carbocycles. The first-order valence-corrected chi connectivity index (χ1v) is 2.78. The van der Waals surface area contributed by atoms with Gasteiger partial charge in [0.2, 0.25) is 0 Å². The molecule has 0 saturated heterocycles. The molecular formula is C2H7Br4Mg3+. The van der Waals surface area contributed by atoms with E-state index in [1.807, 2.05) is 0 Å². The molecular weight excluding hydrogens is 417 g/mol. The number of rotatable bonds is 0. The summed E-state index contributed by atoms with van der Waals surface area (Å²) < 4.78 is 0.875. The van der Waals surface area contributed by atoms with Crippen molar-refractivity contribution >= 4 is 101 Å². The zero-order chi connectivity index (χ0) is 2.71. The van der Waals surface area contributed by atoms with Crippen LogP contribution in [0.4, 0.5) is 0 Å². The molecule has 0 aromatic carbocycles. The minimum atomic E-state index is 0. The molecule has 0 atom stereocenters. The van der Waals surface area contributed by atoms with Crippen LogP contribution in [0.2, 0.25) is 0 Å². The van der Waals surface area contributed by atoms with Gasteiger partial charge in [-0.2, -0.15) is 0 Å². The Hall–Kier alpha value is 4.22. The molecule has 0 unspecified atom stereocenters. The van der Waals surface area contributed by atoms with Crippen LogP contribution in [-0.2, 0) is 0 Å². The van der Waals surface area contributed by atoms with Gasteiger partial charge >= 0.3 is 69.2 Å². The first-order chi connectivity index (χ1) is 1.41. The van der Waals surface area contributed by atoms with E-state index in [0.717, 1.165) is 4.24 Å². The standard InChI is InChI=1S/CH2Br2.CH3.2BrH.3Mg.2H/c2-1-3;;;;;;;;/h1H2;1H3;2*1H;;;;;/q;-1;;;3*+2;2*-1/p-2. The summed E-state index contributed by atoms with van der Waals surface area (Å²) in [6.07, 6.45) is 0. The summed E-state index contributed by atoms with van der Waals surface area (Å²) in [6, 6.07) is 0. The fourth-order valence-electron chi connectivity index (χ4n) is 0. The summed E-state index contributed by atoms with van der Waals surface area (Å²) in [5.41, 5.74) is 0. The molecule has 48 valence electrons. The summed E-state index contributed by atoms with van der Waals surface area (Å²) in [5.74, 6) is 0. The number of hydrogen-bond acceptors (Lipinski definition) is 0. The Bertz CT molecular complexity index is 21.3. The van der Waals surface area contributed by atoms with Crippen molar-refractivity contribution in [3.05, 3.63) is 7.43 Å². The van der Waals surface area contributed by atoms with Gasteiger partial charge in [-0.3, -0.25) is 0 Å². The molecule has 0 aliphatic heterocycles. The molecule has 0 bridgehead atoms. The average molecular weight is 424 g/mol. The molecule has 0 rings (SSSR count). The van der Waals surface area contributed by atoms with Crippen molar-refractivity contribution in [1.82, 2.24) is 0 Å². The predicted octanol–water partition coefficient (Wildman–Crippen LogP) is -4.73. The monoisotopic (exact) mass is 419 g/mol. The second-order valence-electron chi connectivity index (χ2n) is 0.101. The maximum Gasteiger partial charge on any atom is 2.00 e. The molecule has 0 heterocycles. The Morgan fingerprint density at radius 1 is 0.889 bits per heavy atom. The third-order valence-electron chi connectivity index (χ3n) is 0. The summed E-state index contributed by atoms with van der Waals surface area (Å²) in [4.78, 5) is 0. The zero-order valence-electron chi connectivity index (χ0n) is 7.34.